The van der Waals surface area contributed by atoms with Gasteiger partial charge in [0.25, 0.3) is 0 Å². The Morgan fingerprint density at radius 3 is 2.57 bits per heavy atom. The zero-order valence-electron chi connectivity index (χ0n) is 16.4. The highest BCUT2D eigenvalue weighted by molar-refractivity contribution is 5.91. The first-order valence-electron chi connectivity index (χ1n) is 10.1. The quantitative estimate of drug-likeness (QED) is 0.746. The highest BCUT2D eigenvalue weighted by Gasteiger charge is 2.36. The first kappa shape index (κ1) is 19.0. The third kappa shape index (κ3) is 5.12. The van der Waals surface area contributed by atoms with Gasteiger partial charge in [-0.3, -0.25) is 9.69 Å². The van der Waals surface area contributed by atoms with Crippen molar-refractivity contribution in [1.82, 2.24) is 10.2 Å². The van der Waals surface area contributed by atoms with Crippen LogP contribution in [0.1, 0.15) is 41.9 Å². The van der Waals surface area contributed by atoms with Crippen LogP contribution in [-0.4, -0.2) is 37.1 Å². The van der Waals surface area contributed by atoms with Gasteiger partial charge < -0.3 is 14.5 Å². The van der Waals surface area contributed by atoms with Crippen molar-refractivity contribution in [3.63, 3.8) is 0 Å². The summed E-state index contributed by atoms with van der Waals surface area (Å²) in [5, 5.41) is 2.92. The van der Waals surface area contributed by atoms with E-state index >= 15 is 0 Å². The van der Waals surface area contributed by atoms with E-state index in [0.717, 1.165) is 49.9 Å². The van der Waals surface area contributed by atoms with Gasteiger partial charge in [0.2, 0.25) is 5.91 Å². The van der Waals surface area contributed by atoms with Crippen LogP contribution in [0.25, 0.3) is 6.08 Å². The standard InChI is InChI=1S/C23H28N2O3/c1-17-14-21(17)22-8-6-20(28-22)7-9-23(26)24-15-18-2-4-19(5-3-18)16-25-10-12-27-13-11-25/h2-9,17,21H,10-16H2,1H3,(H,24,26)/b9-7+/t17-,21-/m1/s1. The number of carbonyl (C=O) groups is 1. The lowest BCUT2D eigenvalue weighted by molar-refractivity contribution is -0.116. The number of nitrogens with zero attached hydrogens (tertiary/aromatic N) is 1. The Kier molecular flexibility index (Phi) is 5.93. The fourth-order valence-corrected chi connectivity index (χ4v) is 3.56. The van der Waals surface area contributed by atoms with Gasteiger partial charge >= 0.3 is 0 Å². The Morgan fingerprint density at radius 2 is 1.86 bits per heavy atom. The summed E-state index contributed by atoms with van der Waals surface area (Å²) in [5.74, 6) is 2.92. The lowest BCUT2D eigenvalue weighted by Gasteiger charge is -2.26. The molecular weight excluding hydrogens is 352 g/mol. The summed E-state index contributed by atoms with van der Waals surface area (Å²) in [6.07, 6.45) is 4.46. The van der Waals surface area contributed by atoms with Crippen LogP contribution < -0.4 is 5.32 Å². The summed E-state index contributed by atoms with van der Waals surface area (Å²) in [6, 6.07) is 12.4. The van der Waals surface area contributed by atoms with Gasteiger partial charge in [0, 0.05) is 38.2 Å². The van der Waals surface area contributed by atoms with Crippen molar-refractivity contribution in [2.45, 2.75) is 32.4 Å². The van der Waals surface area contributed by atoms with Crippen molar-refractivity contribution in [3.8, 4) is 0 Å². The zero-order chi connectivity index (χ0) is 19.3. The molecule has 28 heavy (non-hydrogen) atoms. The number of morpholine rings is 1. The van der Waals surface area contributed by atoms with Gasteiger partial charge in [-0.2, -0.15) is 0 Å². The predicted octanol–water partition coefficient (Wildman–Crippen LogP) is 3.56. The van der Waals surface area contributed by atoms with E-state index in [9.17, 15) is 4.79 Å². The molecule has 148 valence electrons. The fourth-order valence-electron chi connectivity index (χ4n) is 3.56. The van der Waals surface area contributed by atoms with Crippen LogP contribution in [0.15, 0.2) is 46.9 Å². The van der Waals surface area contributed by atoms with Crippen LogP contribution >= 0.6 is 0 Å². The molecule has 2 aliphatic rings. The van der Waals surface area contributed by atoms with Crippen molar-refractivity contribution in [3.05, 3.63) is 65.1 Å². The SMILES string of the molecule is C[C@@H]1C[C@H]1c1ccc(/C=C/C(=O)NCc2ccc(CN3CCOCC3)cc2)o1. The maximum Gasteiger partial charge on any atom is 0.244 e. The number of rotatable bonds is 7. The molecule has 4 rings (SSSR count). The summed E-state index contributed by atoms with van der Waals surface area (Å²) in [6.45, 7) is 7.30. The van der Waals surface area contributed by atoms with E-state index in [-0.39, 0.29) is 5.91 Å². The average molecular weight is 380 g/mol. The average Bonchev–Trinajstić information content (AvgIpc) is 3.26. The molecular formula is C23H28N2O3. The van der Waals surface area contributed by atoms with E-state index in [0.29, 0.717) is 18.4 Å². The Hall–Kier alpha value is -2.37. The second-order valence-corrected chi connectivity index (χ2v) is 7.82. The fraction of sp³-hybridized carbons (Fsp3) is 0.435. The molecule has 5 heteroatoms. The topological polar surface area (TPSA) is 54.7 Å². The molecule has 2 aromatic rings. The molecule has 2 heterocycles. The van der Waals surface area contributed by atoms with Gasteiger partial charge in [0.1, 0.15) is 11.5 Å². The highest BCUT2D eigenvalue weighted by atomic mass is 16.5. The Balaban J connectivity index is 1.22. The minimum Gasteiger partial charge on any atom is -0.461 e. The van der Waals surface area contributed by atoms with Crippen molar-refractivity contribution in [2.24, 2.45) is 5.92 Å². The zero-order valence-corrected chi connectivity index (χ0v) is 16.4. The Bertz CT molecular complexity index is 819. The van der Waals surface area contributed by atoms with E-state index in [1.807, 2.05) is 12.1 Å². The van der Waals surface area contributed by atoms with E-state index < -0.39 is 0 Å². The number of amides is 1. The Morgan fingerprint density at radius 1 is 1.14 bits per heavy atom. The molecule has 1 amide bonds. The first-order chi connectivity index (χ1) is 13.7. The first-order valence-corrected chi connectivity index (χ1v) is 10.1. The third-order valence-electron chi connectivity index (χ3n) is 5.52. The minimum absolute atomic E-state index is 0.116. The van der Waals surface area contributed by atoms with Gasteiger partial charge in [0.05, 0.1) is 13.2 Å². The summed E-state index contributed by atoms with van der Waals surface area (Å²) in [5.41, 5.74) is 2.38. The molecule has 1 saturated heterocycles. The monoisotopic (exact) mass is 380 g/mol. The molecule has 0 bridgehead atoms. The summed E-state index contributed by atoms with van der Waals surface area (Å²) in [7, 11) is 0. The van der Waals surface area contributed by atoms with E-state index in [1.54, 1.807) is 6.08 Å². The van der Waals surface area contributed by atoms with E-state index in [1.165, 1.54) is 18.1 Å². The molecule has 1 aromatic heterocycles. The number of hydrogen-bond acceptors (Lipinski definition) is 4. The van der Waals surface area contributed by atoms with Crippen molar-refractivity contribution in [1.29, 1.82) is 0 Å². The van der Waals surface area contributed by atoms with Crippen LogP contribution in [0.2, 0.25) is 0 Å². The Labute approximate surface area is 166 Å². The molecule has 5 nitrogen and oxygen atoms in total. The number of nitrogens with one attached hydrogen (secondary N) is 1. The molecule has 0 unspecified atom stereocenters. The van der Waals surface area contributed by atoms with Crippen LogP contribution in [-0.2, 0) is 22.6 Å². The second kappa shape index (κ2) is 8.76. The lowest BCUT2D eigenvalue weighted by Crippen LogP contribution is -2.35. The van der Waals surface area contributed by atoms with Gasteiger partial charge in [-0.1, -0.05) is 31.2 Å². The summed E-state index contributed by atoms with van der Waals surface area (Å²) >= 11 is 0. The third-order valence-corrected chi connectivity index (χ3v) is 5.52. The van der Waals surface area contributed by atoms with Crippen molar-refractivity contribution in [2.75, 3.05) is 26.3 Å². The van der Waals surface area contributed by atoms with E-state index in [4.69, 9.17) is 9.15 Å². The molecule has 0 spiro atoms. The maximum atomic E-state index is 12.1. The second-order valence-electron chi connectivity index (χ2n) is 7.82. The molecule has 1 aliphatic carbocycles. The van der Waals surface area contributed by atoms with Crippen LogP contribution in [0.4, 0.5) is 0 Å². The van der Waals surface area contributed by atoms with Crippen LogP contribution in [0, 0.1) is 5.92 Å². The molecule has 1 aromatic carbocycles. The molecule has 2 fully saturated rings. The number of benzene rings is 1. The molecule has 1 aliphatic heterocycles. The summed E-state index contributed by atoms with van der Waals surface area (Å²) in [4.78, 5) is 14.5. The van der Waals surface area contributed by atoms with Crippen molar-refractivity contribution < 1.29 is 13.9 Å². The van der Waals surface area contributed by atoms with Crippen molar-refractivity contribution >= 4 is 12.0 Å². The van der Waals surface area contributed by atoms with Gasteiger partial charge in [-0.25, -0.2) is 0 Å². The molecule has 0 radical (unpaired) electrons. The number of carbonyl (C=O) groups excluding carboxylic acids is 1. The largest absolute Gasteiger partial charge is 0.461 e. The van der Waals surface area contributed by atoms with E-state index in [2.05, 4.69) is 41.4 Å². The lowest BCUT2D eigenvalue weighted by atomic mass is 10.1. The molecule has 1 saturated carbocycles. The van der Waals surface area contributed by atoms with Crippen LogP contribution in [0.3, 0.4) is 0 Å². The predicted molar refractivity (Wildman–Crippen MR) is 109 cm³/mol. The number of ether oxygens (including phenoxy) is 1. The number of furan rings is 1. The molecule has 2 atom stereocenters. The molecule has 1 N–H and O–H groups in total. The smallest absolute Gasteiger partial charge is 0.244 e. The number of hydrogen-bond donors (Lipinski definition) is 1. The van der Waals surface area contributed by atoms with Crippen LogP contribution in [0.5, 0.6) is 0 Å². The van der Waals surface area contributed by atoms with Gasteiger partial charge in [-0.05, 0) is 41.7 Å². The normalized spacial score (nSPS) is 22.5. The van der Waals surface area contributed by atoms with Gasteiger partial charge in [0.15, 0.2) is 0 Å². The minimum atomic E-state index is -0.116. The van der Waals surface area contributed by atoms with Gasteiger partial charge in [-0.15, -0.1) is 0 Å². The highest BCUT2D eigenvalue weighted by Crippen LogP contribution is 2.47. The summed E-state index contributed by atoms with van der Waals surface area (Å²) < 4.78 is 11.2. The maximum absolute atomic E-state index is 12.1.